The first-order valence-electron chi connectivity index (χ1n) is 7.08. The second kappa shape index (κ2) is 5.60. The normalized spacial score (nSPS) is 25.7. The van der Waals surface area contributed by atoms with Crippen LogP contribution < -0.4 is 5.32 Å². The van der Waals surface area contributed by atoms with Crippen LogP contribution in [0.1, 0.15) is 44.9 Å². The van der Waals surface area contributed by atoms with Crippen LogP contribution in [0.5, 0.6) is 0 Å². The topological polar surface area (TPSA) is 73.2 Å². The monoisotopic (exact) mass is 263 g/mol. The lowest BCUT2D eigenvalue weighted by molar-refractivity contribution is -0.147. The Bertz CT molecular complexity index is 407. The fourth-order valence-corrected chi connectivity index (χ4v) is 3.24. The molecule has 1 heterocycles. The maximum absolute atomic E-state index is 12.7. The molecule has 0 spiro atoms. The van der Waals surface area contributed by atoms with Gasteiger partial charge in [0.1, 0.15) is 11.5 Å². The van der Waals surface area contributed by atoms with E-state index in [1.165, 1.54) is 0 Å². The summed E-state index contributed by atoms with van der Waals surface area (Å²) in [5, 5.41) is 12.0. The summed E-state index contributed by atoms with van der Waals surface area (Å²) < 4.78 is 0. The minimum absolute atomic E-state index is 0.112. The minimum Gasteiger partial charge on any atom is -0.357 e. The van der Waals surface area contributed by atoms with E-state index in [0.29, 0.717) is 25.8 Å². The SMILES string of the molecule is CNC(=O)C1CCCCN1C(=O)C1(C#N)CCCC1. The molecule has 0 aromatic heterocycles. The molecule has 5 nitrogen and oxygen atoms in total. The average Bonchev–Trinajstić information content (AvgIpc) is 2.95. The van der Waals surface area contributed by atoms with Crippen molar-refractivity contribution in [2.75, 3.05) is 13.6 Å². The molecule has 0 aromatic rings. The van der Waals surface area contributed by atoms with Crippen molar-refractivity contribution in [1.82, 2.24) is 10.2 Å². The van der Waals surface area contributed by atoms with Crippen molar-refractivity contribution in [2.24, 2.45) is 5.41 Å². The molecule has 1 saturated heterocycles. The van der Waals surface area contributed by atoms with Crippen LogP contribution in [-0.4, -0.2) is 36.3 Å². The van der Waals surface area contributed by atoms with Crippen LogP contribution in [-0.2, 0) is 9.59 Å². The quantitative estimate of drug-likeness (QED) is 0.813. The van der Waals surface area contributed by atoms with Crippen molar-refractivity contribution in [3.05, 3.63) is 0 Å². The van der Waals surface area contributed by atoms with Crippen molar-refractivity contribution in [2.45, 2.75) is 51.0 Å². The Hall–Kier alpha value is -1.57. The van der Waals surface area contributed by atoms with Crippen molar-refractivity contribution in [3.8, 4) is 6.07 Å². The predicted molar refractivity (Wildman–Crippen MR) is 69.9 cm³/mol. The number of carbonyl (C=O) groups excluding carboxylic acids is 2. The molecule has 2 fully saturated rings. The van der Waals surface area contributed by atoms with Gasteiger partial charge in [-0.2, -0.15) is 5.26 Å². The number of piperidine rings is 1. The Morgan fingerprint density at radius 3 is 2.53 bits per heavy atom. The Kier molecular flexibility index (Phi) is 4.08. The fourth-order valence-electron chi connectivity index (χ4n) is 3.24. The van der Waals surface area contributed by atoms with Gasteiger partial charge in [-0.3, -0.25) is 9.59 Å². The number of rotatable bonds is 2. The highest BCUT2D eigenvalue weighted by atomic mass is 16.2. The number of nitrogens with zero attached hydrogens (tertiary/aromatic N) is 2. The zero-order valence-electron chi connectivity index (χ0n) is 11.4. The van der Waals surface area contributed by atoms with Crippen LogP contribution in [0, 0.1) is 16.7 Å². The summed E-state index contributed by atoms with van der Waals surface area (Å²) >= 11 is 0. The minimum atomic E-state index is -0.871. The lowest BCUT2D eigenvalue weighted by Crippen LogP contribution is -2.55. The van der Waals surface area contributed by atoms with Crippen LogP contribution in [0.25, 0.3) is 0 Å². The van der Waals surface area contributed by atoms with Gasteiger partial charge in [0.25, 0.3) is 0 Å². The number of amides is 2. The standard InChI is InChI=1S/C14H21N3O2/c1-16-12(18)11-6-2-5-9-17(11)13(19)14(10-15)7-3-4-8-14/h11H,2-9H2,1H3,(H,16,18). The molecule has 2 rings (SSSR count). The van der Waals surface area contributed by atoms with Gasteiger partial charge in [-0.1, -0.05) is 12.8 Å². The van der Waals surface area contributed by atoms with Crippen LogP contribution >= 0.6 is 0 Å². The van der Waals surface area contributed by atoms with Crippen molar-refractivity contribution in [3.63, 3.8) is 0 Å². The van der Waals surface area contributed by atoms with Crippen molar-refractivity contribution in [1.29, 1.82) is 5.26 Å². The summed E-state index contributed by atoms with van der Waals surface area (Å²) in [6.45, 7) is 0.598. The molecule has 0 bridgehead atoms. The molecule has 1 atom stereocenters. The van der Waals surface area contributed by atoms with Gasteiger partial charge in [-0.25, -0.2) is 0 Å². The zero-order chi connectivity index (χ0) is 13.9. The molecule has 1 unspecified atom stereocenters. The van der Waals surface area contributed by atoms with Gasteiger partial charge < -0.3 is 10.2 Å². The molecule has 1 aliphatic carbocycles. The van der Waals surface area contributed by atoms with Crippen molar-refractivity contribution >= 4 is 11.8 Å². The molecule has 2 aliphatic rings. The zero-order valence-corrected chi connectivity index (χ0v) is 11.4. The first-order valence-corrected chi connectivity index (χ1v) is 7.08. The second-order valence-electron chi connectivity index (χ2n) is 5.53. The molecule has 2 amide bonds. The summed E-state index contributed by atoms with van der Waals surface area (Å²) in [5.41, 5.74) is -0.871. The molecule has 0 aromatic carbocycles. The summed E-state index contributed by atoms with van der Waals surface area (Å²) in [5.74, 6) is -0.236. The molecule has 1 aliphatic heterocycles. The number of hydrogen-bond acceptors (Lipinski definition) is 3. The Labute approximate surface area is 113 Å². The number of likely N-dealkylation sites (N-methyl/N-ethyl adjacent to an activating group) is 1. The molecule has 0 radical (unpaired) electrons. The molecular formula is C14H21N3O2. The highest BCUT2D eigenvalue weighted by molar-refractivity contribution is 5.91. The third-order valence-corrected chi connectivity index (χ3v) is 4.39. The van der Waals surface area contributed by atoms with Gasteiger partial charge in [0, 0.05) is 13.6 Å². The van der Waals surface area contributed by atoms with Gasteiger partial charge >= 0.3 is 0 Å². The average molecular weight is 263 g/mol. The molecular weight excluding hydrogens is 242 g/mol. The third kappa shape index (κ3) is 2.44. The first-order chi connectivity index (χ1) is 9.14. The number of likely N-dealkylation sites (tertiary alicyclic amines) is 1. The number of hydrogen-bond donors (Lipinski definition) is 1. The van der Waals surface area contributed by atoms with E-state index in [1.807, 2.05) is 0 Å². The van der Waals surface area contributed by atoms with Crippen molar-refractivity contribution < 1.29 is 9.59 Å². The summed E-state index contributed by atoms with van der Waals surface area (Å²) in [6.07, 6.45) is 5.71. The van der Waals surface area contributed by atoms with Gasteiger partial charge in [0.2, 0.25) is 11.8 Å². The fraction of sp³-hybridized carbons (Fsp3) is 0.786. The number of nitrogens with one attached hydrogen (secondary N) is 1. The van der Waals surface area contributed by atoms with E-state index in [9.17, 15) is 14.9 Å². The second-order valence-corrected chi connectivity index (χ2v) is 5.53. The van der Waals surface area contributed by atoms with Gasteiger partial charge in [-0.05, 0) is 32.1 Å². The third-order valence-electron chi connectivity index (χ3n) is 4.39. The Morgan fingerprint density at radius 2 is 1.95 bits per heavy atom. The molecule has 104 valence electrons. The smallest absolute Gasteiger partial charge is 0.243 e. The highest BCUT2D eigenvalue weighted by Crippen LogP contribution is 2.40. The largest absolute Gasteiger partial charge is 0.357 e. The Morgan fingerprint density at radius 1 is 1.26 bits per heavy atom. The van der Waals surface area contributed by atoms with E-state index in [0.717, 1.165) is 25.7 Å². The predicted octanol–water partition coefficient (Wildman–Crippen LogP) is 1.20. The first kappa shape index (κ1) is 13.9. The lowest BCUT2D eigenvalue weighted by Gasteiger charge is -2.38. The van der Waals surface area contributed by atoms with Gasteiger partial charge in [0.05, 0.1) is 6.07 Å². The van der Waals surface area contributed by atoms with Gasteiger partial charge in [0.15, 0.2) is 0 Å². The molecule has 19 heavy (non-hydrogen) atoms. The van der Waals surface area contributed by atoms with Crippen LogP contribution in [0.3, 0.4) is 0 Å². The van der Waals surface area contributed by atoms with Crippen LogP contribution in [0.4, 0.5) is 0 Å². The number of carbonyl (C=O) groups is 2. The maximum atomic E-state index is 12.7. The van der Waals surface area contributed by atoms with Crippen LogP contribution in [0.2, 0.25) is 0 Å². The van der Waals surface area contributed by atoms with E-state index < -0.39 is 11.5 Å². The van der Waals surface area contributed by atoms with E-state index in [2.05, 4.69) is 11.4 Å². The van der Waals surface area contributed by atoms with E-state index >= 15 is 0 Å². The highest BCUT2D eigenvalue weighted by Gasteiger charge is 2.46. The summed E-state index contributed by atoms with van der Waals surface area (Å²) in [7, 11) is 1.59. The molecule has 1 saturated carbocycles. The lowest BCUT2D eigenvalue weighted by atomic mass is 9.84. The maximum Gasteiger partial charge on any atom is 0.243 e. The van der Waals surface area contributed by atoms with E-state index in [-0.39, 0.29) is 11.8 Å². The molecule has 1 N–H and O–H groups in total. The van der Waals surface area contributed by atoms with E-state index in [1.54, 1.807) is 11.9 Å². The molecule has 5 heteroatoms. The Balaban J connectivity index is 2.20. The summed E-state index contributed by atoms with van der Waals surface area (Å²) in [4.78, 5) is 26.3. The van der Waals surface area contributed by atoms with E-state index in [4.69, 9.17) is 0 Å². The van der Waals surface area contributed by atoms with Gasteiger partial charge in [-0.15, -0.1) is 0 Å². The number of nitriles is 1. The summed E-state index contributed by atoms with van der Waals surface area (Å²) in [6, 6.07) is 1.84. The van der Waals surface area contributed by atoms with Crippen LogP contribution in [0.15, 0.2) is 0 Å².